The van der Waals surface area contributed by atoms with Crippen LogP contribution in [0.3, 0.4) is 0 Å². The van der Waals surface area contributed by atoms with Crippen molar-refractivity contribution in [3.8, 4) is 0 Å². The summed E-state index contributed by atoms with van der Waals surface area (Å²) in [6, 6.07) is 2.92. The van der Waals surface area contributed by atoms with Gasteiger partial charge in [-0.05, 0) is 24.8 Å². The molecule has 0 atom stereocenters. The molecule has 19 heavy (non-hydrogen) atoms. The van der Waals surface area contributed by atoms with Crippen LogP contribution < -0.4 is 10.6 Å². The molecule has 2 rings (SSSR count). The topological polar surface area (TPSA) is 85.3 Å². The summed E-state index contributed by atoms with van der Waals surface area (Å²) < 4.78 is 0. The van der Waals surface area contributed by atoms with Crippen molar-refractivity contribution in [3.05, 3.63) is 22.2 Å². The second-order valence-corrected chi connectivity index (χ2v) is 5.06. The van der Waals surface area contributed by atoms with Crippen LogP contribution in [-0.4, -0.2) is 23.0 Å². The average molecular weight is 264 g/mol. The lowest BCUT2D eigenvalue weighted by atomic mass is 9.92. The highest BCUT2D eigenvalue weighted by molar-refractivity contribution is 5.61. The van der Waals surface area contributed by atoms with Crippen LogP contribution >= 0.6 is 0 Å². The van der Waals surface area contributed by atoms with E-state index in [1.165, 1.54) is 25.0 Å². The van der Waals surface area contributed by atoms with E-state index in [4.69, 9.17) is 5.73 Å². The van der Waals surface area contributed by atoms with Crippen molar-refractivity contribution in [3.63, 3.8) is 0 Å². The van der Waals surface area contributed by atoms with E-state index in [1.807, 2.05) is 4.90 Å². The SMILES string of the molecule is CCCC1CCN(c2nc(N)ccc2[N+](=O)[O-])CC1. The fraction of sp³-hybridized carbons (Fsp3) is 0.615. The Labute approximate surface area is 112 Å². The number of nitrogen functional groups attached to an aromatic ring is 1. The first-order valence-electron chi connectivity index (χ1n) is 6.77. The highest BCUT2D eigenvalue weighted by Gasteiger charge is 2.25. The van der Waals surface area contributed by atoms with Crippen molar-refractivity contribution in [2.45, 2.75) is 32.6 Å². The second kappa shape index (κ2) is 5.86. The lowest BCUT2D eigenvalue weighted by Gasteiger charge is -2.32. The van der Waals surface area contributed by atoms with Gasteiger partial charge in [-0.1, -0.05) is 19.8 Å². The number of anilines is 2. The van der Waals surface area contributed by atoms with E-state index >= 15 is 0 Å². The summed E-state index contributed by atoms with van der Waals surface area (Å²) in [5.41, 5.74) is 5.69. The maximum absolute atomic E-state index is 11.0. The Morgan fingerprint density at radius 2 is 2.16 bits per heavy atom. The van der Waals surface area contributed by atoms with Crippen molar-refractivity contribution in [1.82, 2.24) is 4.98 Å². The number of nitro groups is 1. The fourth-order valence-electron chi connectivity index (χ4n) is 2.67. The third-order valence-electron chi connectivity index (χ3n) is 3.68. The largest absolute Gasteiger partial charge is 0.384 e. The van der Waals surface area contributed by atoms with E-state index in [0.717, 1.165) is 31.8 Å². The van der Waals surface area contributed by atoms with E-state index < -0.39 is 0 Å². The van der Waals surface area contributed by atoms with Gasteiger partial charge in [0.1, 0.15) is 5.82 Å². The zero-order valence-corrected chi connectivity index (χ0v) is 11.2. The highest BCUT2D eigenvalue weighted by Crippen LogP contribution is 2.31. The molecular weight excluding hydrogens is 244 g/mol. The van der Waals surface area contributed by atoms with Gasteiger partial charge in [-0.25, -0.2) is 4.98 Å². The Morgan fingerprint density at radius 1 is 1.47 bits per heavy atom. The van der Waals surface area contributed by atoms with Gasteiger partial charge in [-0.15, -0.1) is 0 Å². The molecule has 6 nitrogen and oxygen atoms in total. The minimum Gasteiger partial charge on any atom is -0.384 e. The van der Waals surface area contributed by atoms with E-state index in [-0.39, 0.29) is 10.6 Å². The minimum atomic E-state index is -0.389. The maximum atomic E-state index is 11.0. The number of hydrogen-bond acceptors (Lipinski definition) is 5. The predicted octanol–water partition coefficient (Wildman–Crippen LogP) is 2.59. The van der Waals surface area contributed by atoms with Crippen LogP contribution in [0.4, 0.5) is 17.3 Å². The molecule has 0 unspecified atom stereocenters. The Morgan fingerprint density at radius 3 is 2.74 bits per heavy atom. The van der Waals surface area contributed by atoms with E-state index in [1.54, 1.807) is 0 Å². The smallest absolute Gasteiger partial charge is 0.311 e. The Hall–Kier alpha value is -1.85. The molecular formula is C13H20N4O2. The van der Waals surface area contributed by atoms with Gasteiger partial charge in [0, 0.05) is 19.2 Å². The zero-order valence-electron chi connectivity index (χ0n) is 11.2. The summed E-state index contributed by atoms with van der Waals surface area (Å²) in [4.78, 5) is 16.8. The predicted molar refractivity (Wildman–Crippen MR) is 75.1 cm³/mol. The molecule has 0 amide bonds. The van der Waals surface area contributed by atoms with Crippen LogP contribution in [0.1, 0.15) is 32.6 Å². The third kappa shape index (κ3) is 3.13. The van der Waals surface area contributed by atoms with E-state index in [9.17, 15) is 10.1 Å². The quantitative estimate of drug-likeness (QED) is 0.667. The van der Waals surface area contributed by atoms with Crippen molar-refractivity contribution in [2.24, 2.45) is 5.92 Å². The van der Waals surface area contributed by atoms with Crippen molar-refractivity contribution < 1.29 is 4.92 Å². The Bertz CT molecular complexity index is 456. The van der Waals surface area contributed by atoms with Crippen LogP contribution in [0.2, 0.25) is 0 Å². The third-order valence-corrected chi connectivity index (χ3v) is 3.68. The molecule has 104 valence electrons. The lowest BCUT2D eigenvalue weighted by Crippen LogP contribution is -2.34. The standard InChI is InChI=1S/C13H20N4O2/c1-2-3-10-6-8-16(9-7-10)13-11(17(18)19)4-5-12(14)15-13/h4-5,10H,2-3,6-9H2,1H3,(H2,14,15). The first-order chi connectivity index (χ1) is 9.11. The second-order valence-electron chi connectivity index (χ2n) is 5.06. The zero-order chi connectivity index (χ0) is 13.8. The molecule has 2 N–H and O–H groups in total. The van der Waals surface area contributed by atoms with Crippen LogP contribution in [0.15, 0.2) is 12.1 Å². The summed E-state index contributed by atoms with van der Waals surface area (Å²) in [7, 11) is 0. The number of hydrogen-bond donors (Lipinski definition) is 1. The van der Waals surface area contributed by atoms with Crippen molar-refractivity contribution in [1.29, 1.82) is 0 Å². The number of aromatic nitrogens is 1. The molecule has 1 aromatic heterocycles. The normalized spacial score (nSPS) is 16.6. The van der Waals surface area contributed by atoms with Crippen molar-refractivity contribution >= 4 is 17.3 Å². The average Bonchev–Trinajstić information content (AvgIpc) is 2.39. The van der Waals surface area contributed by atoms with Gasteiger partial charge in [0.05, 0.1) is 4.92 Å². The molecule has 1 aliphatic rings. The summed E-state index contributed by atoms with van der Waals surface area (Å²) in [6.45, 7) is 3.83. The number of nitrogens with two attached hydrogens (primary N) is 1. The molecule has 0 aromatic carbocycles. The van der Waals surface area contributed by atoms with Gasteiger partial charge in [0.2, 0.25) is 5.82 Å². The molecule has 1 saturated heterocycles. The molecule has 1 fully saturated rings. The Balaban J connectivity index is 2.14. The fourth-order valence-corrected chi connectivity index (χ4v) is 2.67. The number of nitrogens with zero attached hydrogens (tertiary/aromatic N) is 3. The van der Waals surface area contributed by atoms with Crippen molar-refractivity contribution in [2.75, 3.05) is 23.7 Å². The van der Waals surface area contributed by atoms with Gasteiger partial charge in [0.15, 0.2) is 0 Å². The summed E-state index contributed by atoms with van der Waals surface area (Å²) >= 11 is 0. The van der Waals surface area contributed by atoms with Crippen LogP contribution in [0.25, 0.3) is 0 Å². The molecule has 0 bridgehead atoms. The maximum Gasteiger partial charge on any atom is 0.311 e. The van der Waals surface area contributed by atoms with Crippen LogP contribution in [-0.2, 0) is 0 Å². The van der Waals surface area contributed by atoms with Crippen LogP contribution in [0, 0.1) is 16.0 Å². The number of piperidine rings is 1. The number of pyridine rings is 1. The first-order valence-corrected chi connectivity index (χ1v) is 6.77. The molecule has 1 aliphatic heterocycles. The molecule has 0 saturated carbocycles. The minimum absolute atomic E-state index is 0.0446. The summed E-state index contributed by atoms with van der Waals surface area (Å²) in [5.74, 6) is 1.48. The molecule has 0 radical (unpaired) electrons. The molecule has 0 aliphatic carbocycles. The first kappa shape index (κ1) is 13.6. The molecule has 0 spiro atoms. The lowest BCUT2D eigenvalue weighted by molar-refractivity contribution is -0.384. The molecule has 1 aromatic rings. The van der Waals surface area contributed by atoms with E-state index in [0.29, 0.717) is 11.6 Å². The summed E-state index contributed by atoms with van der Waals surface area (Å²) in [6.07, 6.45) is 4.57. The van der Waals surface area contributed by atoms with Gasteiger partial charge >= 0.3 is 5.69 Å². The van der Waals surface area contributed by atoms with Gasteiger partial charge in [-0.3, -0.25) is 10.1 Å². The molecule has 2 heterocycles. The van der Waals surface area contributed by atoms with Gasteiger partial charge in [-0.2, -0.15) is 0 Å². The van der Waals surface area contributed by atoms with Gasteiger partial charge < -0.3 is 10.6 Å². The van der Waals surface area contributed by atoms with Gasteiger partial charge in [0.25, 0.3) is 0 Å². The number of rotatable bonds is 4. The van der Waals surface area contributed by atoms with E-state index in [2.05, 4.69) is 11.9 Å². The van der Waals surface area contributed by atoms with Crippen LogP contribution in [0.5, 0.6) is 0 Å². The molecule has 6 heteroatoms. The Kier molecular flexibility index (Phi) is 4.19. The monoisotopic (exact) mass is 264 g/mol. The summed E-state index contributed by atoms with van der Waals surface area (Å²) in [5, 5.41) is 11.0. The highest BCUT2D eigenvalue weighted by atomic mass is 16.6.